The SMILES string of the molecule is CC(C)[C@@H](NC(=O)CC1(NCCCc2ccc(CN(C(=O)CCCC(O)c3ccc(F)cc3)c3ccc(F)cc3)cc2)COC1)C(=O)O. The smallest absolute Gasteiger partial charge is 0.326 e. The van der Waals surface area contributed by atoms with Crippen molar-refractivity contribution in [3.8, 4) is 0 Å². The lowest BCUT2D eigenvalue weighted by atomic mass is 9.91. The van der Waals surface area contributed by atoms with Crippen molar-refractivity contribution in [3.05, 3.63) is 101 Å². The molecule has 0 bridgehead atoms. The number of nitrogens with zero attached hydrogens (tertiary/aromatic N) is 1. The zero-order valence-corrected chi connectivity index (χ0v) is 27.5. The number of rotatable bonds is 18. The summed E-state index contributed by atoms with van der Waals surface area (Å²) in [6.45, 7) is 5.20. The number of carbonyl (C=O) groups excluding carboxylic acids is 2. The number of nitrogens with one attached hydrogen (secondary N) is 2. The van der Waals surface area contributed by atoms with Gasteiger partial charge in [-0.15, -0.1) is 0 Å². The van der Waals surface area contributed by atoms with E-state index in [1.165, 1.54) is 36.4 Å². The molecule has 1 saturated heterocycles. The highest BCUT2D eigenvalue weighted by Gasteiger charge is 2.40. The second kappa shape index (κ2) is 17.3. The standard InChI is InChI=1S/C37H45F2N3O6/c1-25(2)35(36(46)47)41-33(44)21-37(23-48-24-37)40-20-4-5-26-8-10-27(11-9-26)22-42(31-18-16-30(39)17-19-31)34(45)7-3-6-32(43)28-12-14-29(38)15-13-28/h8-19,25,32,35,40,43H,3-7,20-24H2,1-2H3,(H,41,44)(H,46,47)/t32?,35-/m1/s1. The summed E-state index contributed by atoms with van der Waals surface area (Å²) in [5.74, 6) is -2.54. The van der Waals surface area contributed by atoms with Crippen molar-refractivity contribution < 1.29 is 38.1 Å². The first kappa shape index (κ1) is 36.6. The van der Waals surface area contributed by atoms with Crippen LogP contribution in [0.1, 0.15) is 68.7 Å². The van der Waals surface area contributed by atoms with Crippen molar-refractivity contribution in [2.24, 2.45) is 5.92 Å². The van der Waals surface area contributed by atoms with E-state index in [0.29, 0.717) is 43.9 Å². The second-order valence-electron chi connectivity index (χ2n) is 12.8. The van der Waals surface area contributed by atoms with E-state index >= 15 is 0 Å². The predicted octanol–water partition coefficient (Wildman–Crippen LogP) is 5.31. The minimum absolute atomic E-state index is 0.135. The van der Waals surface area contributed by atoms with Gasteiger partial charge in [0.25, 0.3) is 0 Å². The number of aliphatic hydroxyl groups is 1. The number of hydrogen-bond donors (Lipinski definition) is 4. The summed E-state index contributed by atoms with van der Waals surface area (Å²) >= 11 is 0. The van der Waals surface area contributed by atoms with E-state index in [9.17, 15) is 33.4 Å². The van der Waals surface area contributed by atoms with Gasteiger partial charge in [0, 0.05) is 18.5 Å². The molecule has 3 aromatic rings. The molecule has 0 aromatic heterocycles. The van der Waals surface area contributed by atoms with Gasteiger partial charge in [-0.1, -0.05) is 50.2 Å². The summed E-state index contributed by atoms with van der Waals surface area (Å²) in [6.07, 6.45) is 1.83. The highest BCUT2D eigenvalue weighted by Crippen LogP contribution is 2.24. The predicted molar refractivity (Wildman–Crippen MR) is 178 cm³/mol. The number of aryl methyl sites for hydroxylation is 1. The number of carboxylic acid groups (broad SMARTS) is 1. The third kappa shape index (κ3) is 10.7. The lowest BCUT2D eigenvalue weighted by Gasteiger charge is -2.42. The number of aliphatic hydroxyl groups excluding tert-OH is 1. The molecule has 4 rings (SSSR count). The number of ether oxygens (including phenoxy) is 1. The first-order chi connectivity index (χ1) is 22.9. The van der Waals surface area contributed by atoms with Gasteiger partial charge in [0.05, 0.1) is 31.4 Å². The van der Waals surface area contributed by atoms with Crippen LogP contribution in [0.25, 0.3) is 0 Å². The fourth-order valence-corrected chi connectivity index (χ4v) is 5.68. The summed E-state index contributed by atoms with van der Waals surface area (Å²) in [5, 5.41) is 25.9. The quantitative estimate of drug-likeness (QED) is 0.136. The first-order valence-corrected chi connectivity index (χ1v) is 16.4. The molecular formula is C37H45F2N3O6. The van der Waals surface area contributed by atoms with Gasteiger partial charge in [0.15, 0.2) is 0 Å². The maximum Gasteiger partial charge on any atom is 0.326 e. The van der Waals surface area contributed by atoms with Crippen LogP contribution in [0.5, 0.6) is 0 Å². The van der Waals surface area contributed by atoms with Gasteiger partial charge in [-0.3, -0.25) is 9.59 Å². The van der Waals surface area contributed by atoms with Crippen LogP contribution in [0.4, 0.5) is 14.5 Å². The van der Waals surface area contributed by atoms with Crippen LogP contribution in [0.15, 0.2) is 72.8 Å². The van der Waals surface area contributed by atoms with Crippen LogP contribution < -0.4 is 15.5 Å². The Morgan fingerprint density at radius 2 is 1.50 bits per heavy atom. The van der Waals surface area contributed by atoms with Crippen LogP contribution in [0, 0.1) is 17.6 Å². The van der Waals surface area contributed by atoms with E-state index in [1.807, 2.05) is 24.3 Å². The van der Waals surface area contributed by atoms with Gasteiger partial charge in [0.1, 0.15) is 17.7 Å². The van der Waals surface area contributed by atoms with E-state index in [4.69, 9.17) is 4.74 Å². The highest BCUT2D eigenvalue weighted by atomic mass is 19.1. The molecule has 258 valence electrons. The van der Waals surface area contributed by atoms with Crippen molar-refractivity contribution in [3.63, 3.8) is 0 Å². The Kier molecular flexibility index (Phi) is 13.2. The van der Waals surface area contributed by atoms with Crippen LogP contribution in [-0.2, 0) is 32.1 Å². The molecule has 11 heteroatoms. The minimum atomic E-state index is -1.05. The van der Waals surface area contributed by atoms with Crippen molar-refractivity contribution in [1.82, 2.24) is 10.6 Å². The number of halogens is 2. The number of benzene rings is 3. The fraction of sp³-hybridized carbons (Fsp3) is 0.432. The maximum atomic E-state index is 13.7. The van der Waals surface area contributed by atoms with E-state index in [1.54, 1.807) is 30.9 Å². The molecule has 1 fully saturated rings. The van der Waals surface area contributed by atoms with Crippen LogP contribution in [0.2, 0.25) is 0 Å². The summed E-state index contributed by atoms with van der Waals surface area (Å²) < 4.78 is 32.3. The van der Waals surface area contributed by atoms with E-state index in [0.717, 1.165) is 24.0 Å². The Morgan fingerprint density at radius 3 is 2.06 bits per heavy atom. The Labute approximate surface area is 280 Å². The molecule has 0 spiro atoms. The topological polar surface area (TPSA) is 128 Å². The Balaban J connectivity index is 1.27. The number of hydrogen-bond acceptors (Lipinski definition) is 6. The normalized spacial score (nSPS) is 15.0. The maximum absolute atomic E-state index is 13.7. The molecule has 1 aliphatic rings. The molecule has 9 nitrogen and oxygen atoms in total. The molecule has 0 aliphatic carbocycles. The van der Waals surface area contributed by atoms with E-state index < -0.39 is 29.5 Å². The first-order valence-electron chi connectivity index (χ1n) is 16.4. The Bertz CT molecular complexity index is 1490. The molecule has 1 aliphatic heterocycles. The molecule has 2 atom stereocenters. The second-order valence-corrected chi connectivity index (χ2v) is 12.8. The highest BCUT2D eigenvalue weighted by molar-refractivity contribution is 5.93. The molecule has 0 saturated carbocycles. The third-order valence-corrected chi connectivity index (χ3v) is 8.57. The van der Waals surface area contributed by atoms with Gasteiger partial charge in [-0.05, 0) is 91.2 Å². The lowest BCUT2D eigenvalue weighted by Crippen LogP contribution is -2.63. The van der Waals surface area contributed by atoms with Gasteiger partial charge in [-0.25, -0.2) is 13.6 Å². The zero-order chi connectivity index (χ0) is 34.7. The zero-order valence-electron chi connectivity index (χ0n) is 27.5. The number of aliphatic carboxylic acids is 1. The summed E-state index contributed by atoms with van der Waals surface area (Å²) in [5.41, 5.74) is 2.66. The molecule has 1 heterocycles. The van der Waals surface area contributed by atoms with Gasteiger partial charge < -0.3 is 30.5 Å². The Morgan fingerprint density at radius 1 is 0.896 bits per heavy atom. The molecule has 1 unspecified atom stereocenters. The van der Waals surface area contributed by atoms with E-state index in [2.05, 4.69) is 10.6 Å². The monoisotopic (exact) mass is 665 g/mol. The Hall–Kier alpha value is -4.19. The van der Waals surface area contributed by atoms with E-state index in [-0.39, 0.29) is 42.9 Å². The molecular weight excluding hydrogens is 620 g/mol. The van der Waals surface area contributed by atoms with Crippen LogP contribution in [0.3, 0.4) is 0 Å². The number of carboxylic acids is 1. The number of amides is 2. The van der Waals surface area contributed by atoms with Crippen molar-refractivity contribution in [1.29, 1.82) is 0 Å². The summed E-state index contributed by atoms with van der Waals surface area (Å²) in [7, 11) is 0. The number of anilines is 1. The van der Waals surface area contributed by atoms with Gasteiger partial charge in [0.2, 0.25) is 11.8 Å². The third-order valence-electron chi connectivity index (χ3n) is 8.57. The van der Waals surface area contributed by atoms with Crippen molar-refractivity contribution in [2.75, 3.05) is 24.7 Å². The molecule has 4 N–H and O–H groups in total. The molecule has 0 radical (unpaired) electrons. The van der Waals surface area contributed by atoms with Crippen molar-refractivity contribution in [2.45, 2.75) is 76.6 Å². The fourth-order valence-electron chi connectivity index (χ4n) is 5.68. The van der Waals surface area contributed by atoms with Crippen molar-refractivity contribution >= 4 is 23.5 Å². The molecule has 48 heavy (non-hydrogen) atoms. The lowest BCUT2D eigenvalue weighted by molar-refractivity contribution is -0.144. The summed E-state index contributed by atoms with van der Waals surface area (Å²) in [4.78, 5) is 39.0. The van der Waals surface area contributed by atoms with Crippen LogP contribution >= 0.6 is 0 Å². The summed E-state index contributed by atoms with van der Waals surface area (Å²) in [6, 6.07) is 18.4. The minimum Gasteiger partial charge on any atom is -0.480 e. The van der Waals surface area contributed by atoms with Crippen LogP contribution in [-0.4, -0.2) is 59.3 Å². The number of carbonyl (C=O) groups is 3. The largest absolute Gasteiger partial charge is 0.480 e. The van der Waals surface area contributed by atoms with Gasteiger partial charge >= 0.3 is 5.97 Å². The molecule has 2 amide bonds. The molecule has 3 aromatic carbocycles. The average molecular weight is 666 g/mol. The average Bonchev–Trinajstić information content (AvgIpc) is 3.04. The van der Waals surface area contributed by atoms with Gasteiger partial charge in [-0.2, -0.15) is 0 Å².